The van der Waals surface area contributed by atoms with Gasteiger partial charge in [-0.1, -0.05) is 26.0 Å². The number of methoxy groups -OCH3 is 1. The van der Waals surface area contributed by atoms with Crippen LogP contribution in [0.3, 0.4) is 0 Å². The number of carbonyl (C=O) groups is 2. The SMILES string of the molecule is COc1ccccc1NC(=O)c1cc(C(=O)NCCC(C)C)ccn1. The van der Waals surface area contributed by atoms with Crippen molar-refractivity contribution in [1.82, 2.24) is 10.3 Å². The molecule has 1 heterocycles. The fourth-order valence-corrected chi connectivity index (χ4v) is 2.21. The van der Waals surface area contributed by atoms with Gasteiger partial charge in [0.05, 0.1) is 12.8 Å². The minimum Gasteiger partial charge on any atom is -0.495 e. The smallest absolute Gasteiger partial charge is 0.274 e. The van der Waals surface area contributed by atoms with Gasteiger partial charge in [0.1, 0.15) is 11.4 Å². The van der Waals surface area contributed by atoms with Crippen molar-refractivity contribution >= 4 is 17.5 Å². The van der Waals surface area contributed by atoms with Crippen LogP contribution in [0.25, 0.3) is 0 Å². The van der Waals surface area contributed by atoms with E-state index < -0.39 is 5.91 Å². The van der Waals surface area contributed by atoms with Crippen LogP contribution in [-0.2, 0) is 0 Å². The van der Waals surface area contributed by atoms with Crippen LogP contribution in [0, 0.1) is 5.92 Å². The Morgan fingerprint density at radius 2 is 1.92 bits per heavy atom. The Morgan fingerprint density at radius 1 is 1.16 bits per heavy atom. The summed E-state index contributed by atoms with van der Waals surface area (Å²) in [5, 5.41) is 5.59. The molecule has 25 heavy (non-hydrogen) atoms. The van der Waals surface area contributed by atoms with Crippen LogP contribution in [0.4, 0.5) is 5.69 Å². The third-order valence-corrected chi connectivity index (χ3v) is 3.62. The first-order chi connectivity index (χ1) is 12.0. The fourth-order valence-electron chi connectivity index (χ4n) is 2.21. The molecule has 0 saturated heterocycles. The highest BCUT2D eigenvalue weighted by Gasteiger charge is 2.13. The number of nitrogens with zero attached hydrogens (tertiary/aromatic N) is 1. The lowest BCUT2D eigenvalue weighted by Crippen LogP contribution is -2.26. The average molecular weight is 341 g/mol. The molecule has 6 nitrogen and oxygen atoms in total. The fraction of sp³-hybridized carbons (Fsp3) is 0.316. The largest absolute Gasteiger partial charge is 0.495 e. The van der Waals surface area contributed by atoms with Gasteiger partial charge in [0.15, 0.2) is 0 Å². The van der Waals surface area contributed by atoms with E-state index in [0.717, 1.165) is 6.42 Å². The molecule has 0 radical (unpaired) electrons. The number of para-hydroxylation sites is 2. The number of benzene rings is 1. The molecule has 2 rings (SSSR count). The van der Waals surface area contributed by atoms with Crippen molar-refractivity contribution in [3.8, 4) is 5.75 Å². The van der Waals surface area contributed by atoms with Gasteiger partial charge in [-0.05, 0) is 36.6 Å². The van der Waals surface area contributed by atoms with E-state index in [0.29, 0.717) is 29.5 Å². The van der Waals surface area contributed by atoms with Gasteiger partial charge in [0.2, 0.25) is 0 Å². The van der Waals surface area contributed by atoms with E-state index in [4.69, 9.17) is 4.74 Å². The number of nitrogens with one attached hydrogen (secondary N) is 2. The zero-order chi connectivity index (χ0) is 18.2. The summed E-state index contributed by atoms with van der Waals surface area (Å²) in [4.78, 5) is 28.6. The Labute approximate surface area is 147 Å². The van der Waals surface area contributed by atoms with Gasteiger partial charge in [-0.15, -0.1) is 0 Å². The Bertz CT molecular complexity index is 744. The molecule has 6 heteroatoms. The minimum absolute atomic E-state index is 0.169. The molecule has 0 aliphatic rings. The number of hydrogen-bond acceptors (Lipinski definition) is 4. The lowest BCUT2D eigenvalue weighted by atomic mass is 10.1. The Hall–Kier alpha value is -2.89. The van der Waals surface area contributed by atoms with Gasteiger partial charge in [0, 0.05) is 18.3 Å². The summed E-state index contributed by atoms with van der Waals surface area (Å²) in [7, 11) is 1.53. The number of pyridine rings is 1. The Kier molecular flexibility index (Phi) is 6.51. The molecule has 0 unspecified atom stereocenters. The van der Waals surface area contributed by atoms with Crippen molar-refractivity contribution in [1.29, 1.82) is 0 Å². The van der Waals surface area contributed by atoms with E-state index in [1.54, 1.807) is 24.3 Å². The quantitative estimate of drug-likeness (QED) is 0.811. The van der Waals surface area contributed by atoms with E-state index in [-0.39, 0.29) is 11.6 Å². The van der Waals surface area contributed by atoms with Crippen LogP contribution in [0.5, 0.6) is 5.75 Å². The molecule has 0 saturated carbocycles. The van der Waals surface area contributed by atoms with Crippen LogP contribution in [0.1, 0.15) is 41.1 Å². The lowest BCUT2D eigenvalue weighted by molar-refractivity contribution is 0.0952. The Balaban J connectivity index is 2.07. The van der Waals surface area contributed by atoms with Crippen molar-refractivity contribution in [2.75, 3.05) is 19.0 Å². The van der Waals surface area contributed by atoms with Gasteiger partial charge in [0.25, 0.3) is 11.8 Å². The van der Waals surface area contributed by atoms with Crippen molar-refractivity contribution in [2.24, 2.45) is 5.92 Å². The second-order valence-corrected chi connectivity index (χ2v) is 6.02. The molecule has 0 spiro atoms. The minimum atomic E-state index is -0.402. The van der Waals surface area contributed by atoms with Gasteiger partial charge < -0.3 is 15.4 Å². The zero-order valence-electron chi connectivity index (χ0n) is 14.7. The van der Waals surface area contributed by atoms with Crippen molar-refractivity contribution in [3.05, 3.63) is 53.9 Å². The maximum Gasteiger partial charge on any atom is 0.274 e. The summed E-state index contributed by atoms with van der Waals surface area (Å²) in [5.41, 5.74) is 1.12. The third-order valence-electron chi connectivity index (χ3n) is 3.62. The zero-order valence-corrected chi connectivity index (χ0v) is 14.7. The van der Waals surface area contributed by atoms with Gasteiger partial charge in [-0.25, -0.2) is 0 Å². The van der Waals surface area contributed by atoms with Crippen LogP contribution in [-0.4, -0.2) is 30.5 Å². The standard InChI is InChI=1S/C19H23N3O3/c1-13(2)8-10-21-18(23)14-9-11-20-16(12-14)19(24)22-15-6-4-5-7-17(15)25-3/h4-7,9,11-13H,8,10H2,1-3H3,(H,21,23)(H,22,24). The molecule has 0 aliphatic heterocycles. The molecule has 0 bridgehead atoms. The highest BCUT2D eigenvalue weighted by atomic mass is 16.5. The molecule has 0 aliphatic carbocycles. The molecular formula is C19H23N3O3. The molecule has 1 aromatic heterocycles. The average Bonchev–Trinajstić information content (AvgIpc) is 2.61. The first kappa shape index (κ1) is 18.4. The maximum atomic E-state index is 12.4. The summed E-state index contributed by atoms with van der Waals surface area (Å²) in [6, 6.07) is 10.2. The monoisotopic (exact) mass is 341 g/mol. The molecule has 1 aromatic carbocycles. The summed E-state index contributed by atoms with van der Waals surface area (Å²) in [6.07, 6.45) is 2.35. The van der Waals surface area contributed by atoms with Crippen LogP contribution >= 0.6 is 0 Å². The summed E-state index contributed by atoms with van der Waals surface area (Å²) in [6.45, 7) is 4.79. The topological polar surface area (TPSA) is 80.3 Å². The summed E-state index contributed by atoms with van der Waals surface area (Å²) in [5.74, 6) is 0.453. The number of rotatable bonds is 7. The molecule has 2 aromatic rings. The van der Waals surface area contributed by atoms with E-state index >= 15 is 0 Å². The van der Waals surface area contributed by atoms with Crippen molar-refractivity contribution < 1.29 is 14.3 Å². The molecular weight excluding hydrogens is 318 g/mol. The van der Waals surface area contributed by atoms with E-state index in [1.807, 2.05) is 6.07 Å². The number of aromatic nitrogens is 1. The van der Waals surface area contributed by atoms with Crippen LogP contribution in [0.15, 0.2) is 42.6 Å². The number of carbonyl (C=O) groups excluding carboxylic acids is 2. The second kappa shape index (κ2) is 8.82. The van der Waals surface area contributed by atoms with Gasteiger partial charge in [-0.2, -0.15) is 0 Å². The maximum absolute atomic E-state index is 12.4. The molecule has 2 amide bonds. The second-order valence-electron chi connectivity index (χ2n) is 6.02. The number of ether oxygens (including phenoxy) is 1. The van der Waals surface area contributed by atoms with Crippen LogP contribution in [0.2, 0.25) is 0 Å². The Morgan fingerprint density at radius 3 is 2.64 bits per heavy atom. The number of hydrogen-bond donors (Lipinski definition) is 2. The first-order valence-corrected chi connectivity index (χ1v) is 8.20. The summed E-state index contributed by atoms with van der Waals surface area (Å²) >= 11 is 0. The number of amides is 2. The van der Waals surface area contributed by atoms with E-state index in [2.05, 4.69) is 29.5 Å². The number of anilines is 1. The van der Waals surface area contributed by atoms with E-state index in [1.165, 1.54) is 19.4 Å². The van der Waals surface area contributed by atoms with Crippen molar-refractivity contribution in [2.45, 2.75) is 20.3 Å². The van der Waals surface area contributed by atoms with E-state index in [9.17, 15) is 9.59 Å². The highest BCUT2D eigenvalue weighted by Crippen LogP contribution is 2.23. The molecule has 132 valence electrons. The molecule has 0 fully saturated rings. The third kappa shape index (κ3) is 5.31. The molecule has 2 N–H and O–H groups in total. The predicted molar refractivity (Wildman–Crippen MR) is 97.0 cm³/mol. The highest BCUT2D eigenvalue weighted by molar-refractivity contribution is 6.05. The predicted octanol–water partition coefficient (Wildman–Crippen LogP) is 3.12. The van der Waals surface area contributed by atoms with Crippen LogP contribution < -0.4 is 15.4 Å². The lowest BCUT2D eigenvalue weighted by Gasteiger charge is -2.10. The van der Waals surface area contributed by atoms with Crippen molar-refractivity contribution in [3.63, 3.8) is 0 Å². The first-order valence-electron chi connectivity index (χ1n) is 8.20. The summed E-state index contributed by atoms with van der Waals surface area (Å²) < 4.78 is 5.21. The van der Waals surface area contributed by atoms with Gasteiger partial charge in [-0.3, -0.25) is 14.6 Å². The normalized spacial score (nSPS) is 10.4. The molecule has 0 atom stereocenters. The van der Waals surface area contributed by atoms with Gasteiger partial charge >= 0.3 is 0 Å².